The molecule has 0 amide bonds. The lowest BCUT2D eigenvalue weighted by molar-refractivity contribution is -0.0739. The quantitative estimate of drug-likeness (QED) is 0.672. The predicted molar refractivity (Wildman–Crippen MR) is 87.9 cm³/mol. The van der Waals surface area contributed by atoms with Crippen molar-refractivity contribution in [1.82, 2.24) is 0 Å². The van der Waals surface area contributed by atoms with Gasteiger partial charge in [-0.25, -0.2) is 0 Å². The number of ether oxygens (including phenoxy) is 1. The third kappa shape index (κ3) is 3.90. The maximum absolute atomic E-state index is 10.1. The second-order valence-electron chi connectivity index (χ2n) is 4.23. The standard InChI is InChI=1S/C16H16O2S2/c1-18-15(17)14(12-8-4-2-5-9-12)20-16(19)13-10-6-3-7-11-13/h2-11,14-15,17H,1H3. The smallest absolute Gasteiger partial charge is 0.170 e. The van der Waals surface area contributed by atoms with Crippen LogP contribution < -0.4 is 0 Å². The highest BCUT2D eigenvalue weighted by Gasteiger charge is 2.23. The van der Waals surface area contributed by atoms with Crippen molar-refractivity contribution < 1.29 is 9.84 Å². The maximum Gasteiger partial charge on any atom is 0.170 e. The first-order valence-electron chi connectivity index (χ1n) is 6.24. The molecule has 0 aromatic heterocycles. The molecule has 0 bridgehead atoms. The summed E-state index contributed by atoms with van der Waals surface area (Å²) >= 11 is 6.90. The van der Waals surface area contributed by atoms with Crippen molar-refractivity contribution in [3.05, 3.63) is 71.8 Å². The number of aliphatic hydroxyl groups excluding tert-OH is 1. The molecule has 2 aromatic carbocycles. The van der Waals surface area contributed by atoms with Crippen molar-refractivity contribution >= 4 is 28.2 Å². The van der Waals surface area contributed by atoms with E-state index in [2.05, 4.69) is 0 Å². The largest absolute Gasteiger partial charge is 0.367 e. The van der Waals surface area contributed by atoms with E-state index in [1.165, 1.54) is 18.9 Å². The first-order valence-corrected chi connectivity index (χ1v) is 7.53. The van der Waals surface area contributed by atoms with E-state index in [0.29, 0.717) is 0 Å². The van der Waals surface area contributed by atoms with E-state index < -0.39 is 6.29 Å². The van der Waals surface area contributed by atoms with Crippen molar-refractivity contribution in [2.45, 2.75) is 11.5 Å². The van der Waals surface area contributed by atoms with Crippen molar-refractivity contribution in [3.63, 3.8) is 0 Å². The Morgan fingerprint density at radius 1 is 1.05 bits per heavy atom. The lowest BCUT2D eigenvalue weighted by atomic mass is 10.1. The Kier molecular flexibility index (Phi) is 5.73. The molecular formula is C16H16O2S2. The van der Waals surface area contributed by atoms with Crippen molar-refractivity contribution in [3.8, 4) is 0 Å². The molecule has 0 saturated heterocycles. The highest BCUT2D eigenvalue weighted by atomic mass is 32.2. The molecule has 0 fully saturated rings. The van der Waals surface area contributed by atoms with Gasteiger partial charge in [-0.1, -0.05) is 72.9 Å². The Balaban J connectivity index is 2.19. The van der Waals surface area contributed by atoms with Crippen molar-refractivity contribution in [2.75, 3.05) is 7.11 Å². The predicted octanol–water partition coefficient (Wildman–Crippen LogP) is 3.80. The minimum atomic E-state index is -0.899. The van der Waals surface area contributed by atoms with Crippen molar-refractivity contribution in [1.29, 1.82) is 0 Å². The minimum Gasteiger partial charge on any atom is -0.367 e. The van der Waals surface area contributed by atoms with E-state index in [4.69, 9.17) is 17.0 Å². The van der Waals surface area contributed by atoms with Crippen LogP contribution in [0, 0.1) is 0 Å². The fraction of sp³-hybridized carbons (Fsp3) is 0.188. The fourth-order valence-electron chi connectivity index (χ4n) is 1.81. The van der Waals surface area contributed by atoms with Crippen LogP contribution in [-0.4, -0.2) is 22.7 Å². The second-order valence-corrected chi connectivity index (χ2v) is 6.05. The Labute approximate surface area is 128 Å². The van der Waals surface area contributed by atoms with Gasteiger partial charge in [0.1, 0.15) is 0 Å². The fourth-order valence-corrected chi connectivity index (χ4v) is 3.29. The number of benzene rings is 2. The Hall–Kier alpha value is -1.20. The average Bonchev–Trinajstić information content (AvgIpc) is 2.53. The van der Waals surface area contributed by atoms with Crippen LogP contribution in [0.25, 0.3) is 0 Å². The van der Waals surface area contributed by atoms with Gasteiger partial charge in [-0.15, -0.1) is 11.8 Å². The molecule has 0 aliphatic rings. The molecule has 0 heterocycles. The molecule has 104 valence electrons. The number of hydrogen-bond acceptors (Lipinski definition) is 4. The first kappa shape index (κ1) is 15.2. The van der Waals surface area contributed by atoms with E-state index in [-0.39, 0.29) is 5.25 Å². The van der Waals surface area contributed by atoms with Gasteiger partial charge >= 0.3 is 0 Å². The summed E-state index contributed by atoms with van der Waals surface area (Å²) in [6.45, 7) is 0. The van der Waals surface area contributed by atoms with Gasteiger partial charge in [0.2, 0.25) is 0 Å². The van der Waals surface area contributed by atoms with Crippen LogP contribution in [0.5, 0.6) is 0 Å². The normalized spacial score (nSPS) is 13.7. The molecule has 0 spiro atoms. The molecule has 0 saturated carbocycles. The SMILES string of the molecule is COC(O)C(SC(=S)c1ccccc1)c1ccccc1. The summed E-state index contributed by atoms with van der Waals surface area (Å²) < 4.78 is 5.82. The molecule has 2 nitrogen and oxygen atoms in total. The highest BCUT2D eigenvalue weighted by Crippen LogP contribution is 2.35. The summed E-state index contributed by atoms with van der Waals surface area (Å²) in [5.41, 5.74) is 1.97. The topological polar surface area (TPSA) is 29.5 Å². The van der Waals surface area contributed by atoms with Gasteiger partial charge in [0.25, 0.3) is 0 Å². The van der Waals surface area contributed by atoms with Gasteiger partial charge in [0, 0.05) is 7.11 Å². The lowest BCUT2D eigenvalue weighted by Crippen LogP contribution is -2.19. The van der Waals surface area contributed by atoms with Gasteiger partial charge in [0.15, 0.2) is 6.29 Å². The van der Waals surface area contributed by atoms with E-state index in [1.807, 2.05) is 60.7 Å². The van der Waals surface area contributed by atoms with Gasteiger partial charge in [-0.2, -0.15) is 0 Å². The summed E-state index contributed by atoms with van der Waals surface area (Å²) in [5, 5.41) is 9.82. The maximum atomic E-state index is 10.1. The van der Waals surface area contributed by atoms with E-state index in [9.17, 15) is 5.11 Å². The molecule has 0 radical (unpaired) electrons. The van der Waals surface area contributed by atoms with Gasteiger partial charge in [0.05, 0.1) is 9.45 Å². The third-order valence-corrected chi connectivity index (χ3v) is 4.61. The van der Waals surface area contributed by atoms with Crippen LogP contribution in [0.1, 0.15) is 16.4 Å². The zero-order chi connectivity index (χ0) is 14.4. The second kappa shape index (κ2) is 7.55. The van der Waals surface area contributed by atoms with Crippen LogP contribution in [-0.2, 0) is 4.74 Å². The van der Waals surface area contributed by atoms with Crippen molar-refractivity contribution in [2.24, 2.45) is 0 Å². The zero-order valence-electron chi connectivity index (χ0n) is 11.1. The number of thioether (sulfide) groups is 1. The summed E-state index contributed by atoms with van der Waals surface area (Å²) in [7, 11) is 1.49. The van der Waals surface area contributed by atoms with E-state index >= 15 is 0 Å². The van der Waals surface area contributed by atoms with Gasteiger partial charge in [-0.05, 0) is 11.1 Å². The summed E-state index contributed by atoms with van der Waals surface area (Å²) in [4.78, 5) is 0. The average molecular weight is 304 g/mol. The zero-order valence-corrected chi connectivity index (χ0v) is 12.7. The molecular weight excluding hydrogens is 288 g/mol. The van der Waals surface area contributed by atoms with E-state index in [0.717, 1.165) is 15.3 Å². The first-order chi connectivity index (χ1) is 9.72. The van der Waals surface area contributed by atoms with Crippen LogP contribution in [0.15, 0.2) is 60.7 Å². The molecule has 20 heavy (non-hydrogen) atoms. The summed E-state index contributed by atoms with van der Waals surface area (Å²) in [6.07, 6.45) is -0.899. The van der Waals surface area contributed by atoms with Crippen LogP contribution in [0.4, 0.5) is 0 Å². The Bertz CT molecular complexity index is 543. The molecule has 1 N–H and O–H groups in total. The van der Waals surface area contributed by atoms with Crippen LogP contribution >= 0.6 is 24.0 Å². The number of thiocarbonyl (C=S) groups is 1. The van der Waals surface area contributed by atoms with Gasteiger partial charge < -0.3 is 9.84 Å². The molecule has 2 aromatic rings. The number of hydrogen-bond donors (Lipinski definition) is 1. The van der Waals surface area contributed by atoms with Crippen LogP contribution in [0.3, 0.4) is 0 Å². The third-order valence-electron chi connectivity index (χ3n) is 2.87. The summed E-state index contributed by atoms with van der Waals surface area (Å²) in [5.74, 6) is 0. The minimum absolute atomic E-state index is 0.242. The molecule has 4 heteroatoms. The monoisotopic (exact) mass is 304 g/mol. The number of aliphatic hydroxyl groups is 1. The van der Waals surface area contributed by atoms with Crippen LogP contribution in [0.2, 0.25) is 0 Å². The summed E-state index contributed by atoms with van der Waals surface area (Å²) in [6, 6.07) is 19.6. The molecule has 0 aliphatic carbocycles. The lowest BCUT2D eigenvalue weighted by Gasteiger charge is -2.22. The molecule has 2 rings (SSSR count). The Morgan fingerprint density at radius 2 is 1.60 bits per heavy atom. The highest BCUT2D eigenvalue weighted by molar-refractivity contribution is 8.23. The molecule has 2 unspecified atom stereocenters. The van der Waals surface area contributed by atoms with E-state index in [1.54, 1.807) is 0 Å². The Morgan fingerprint density at radius 3 is 2.15 bits per heavy atom. The number of rotatable bonds is 5. The van der Waals surface area contributed by atoms with Gasteiger partial charge in [-0.3, -0.25) is 0 Å². The number of methoxy groups -OCH3 is 1. The molecule has 2 atom stereocenters. The molecule has 0 aliphatic heterocycles.